The van der Waals surface area contributed by atoms with Crippen molar-refractivity contribution in [3.8, 4) is 0 Å². The number of halogens is 1. The Morgan fingerprint density at radius 3 is 3.09 bits per heavy atom. The van der Waals surface area contributed by atoms with Crippen molar-refractivity contribution < 1.29 is 9.18 Å². The van der Waals surface area contributed by atoms with Gasteiger partial charge in [0.1, 0.15) is 5.82 Å². The molecule has 1 unspecified atom stereocenters. The molecule has 1 atom stereocenters. The first-order chi connectivity index (χ1) is 10.6. The Kier molecular flexibility index (Phi) is 4.33. The average molecular weight is 320 g/mol. The third-order valence-electron chi connectivity index (χ3n) is 3.85. The van der Waals surface area contributed by atoms with Gasteiger partial charge in [-0.25, -0.2) is 4.39 Å². The highest BCUT2D eigenvalue weighted by Crippen LogP contribution is 2.24. The predicted molar refractivity (Wildman–Crippen MR) is 83.7 cm³/mol. The molecule has 7 heteroatoms. The Hall–Kier alpha value is -2.02. The number of anilines is 1. The summed E-state index contributed by atoms with van der Waals surface area (Å²) in [5.74, 6) is -0.407. The van der Waals surface area contributed by atoms with Gasteiger partial charge in [-0.2, -0.15) is 0 Å². The van der Waals surface area contributed by atoms with Crippen molar-refractivity contribution in [1.29, 1.82) is 0 Å². The summed E-state index contributed by atoms with van der Waals surface area (Å²) >= 11 is 1.16. The second-order valence-corrected chi connectivity index (χ2v) is 6.09. The molecule has 1 aliphatic rings. The van der Waals surface area contributed by atoms with Crippen LogP contribution in [0.15, 0.2) is 23.6 Å². The maximum atomic E-state index is 13.2. The molecule has 0 aliphatic carbocycles. The lowest BCUT2D eigenvalue weighted by atomic mass is 10.0. The Labute approximate surface area is 132 Å². The van der Waals surface area contributed by atoms with Crippen LogP contribution < -0.4 is 10.2 Å². The molecule has 0 radical (unpaired) electrons. The van der Waals surface area contributed by atoms with E-state index in [1.807, 2.05) is 6.92 Å². The number of carbonyl (C=O) groups is 1. The third-order valence-corrected chi connectivity index (χ3v) is 4.35. The lowest BCUT2D eigenvalue weighted by molar-refractivity contribution is 0.0928. The van der Waals surface area contributed by atoms with Gasteiger partial charge in [-0.05, 0) is 55.1 Å². The molecule has 1 N–H and O–H groups in total. The van der Waals surface area contributed by atoms with Gasteiger partial charge in [0.2, 0.25) is 0 Å². The molecular weight excluding hydrogens is 303 g/mol. The minimum Gasteiger partial charge on any atom is -0.369 e. The van der Waals surface area contributed by atoms with E-state index < -0.39 is 0 Å². The van der Waals surface area contributed by atoms with E-state index in [1.54, 1.807) is 17.5 Å². The Morgan fingerprint density at radius 2 is 2.36 bits per heavy atom. The second-order valence-electron chi connectivity index (χ2n) is 5.48. The summed E-state index contributed by atoms with van der Waals surface area (Å²) in [6.45, 7) is 3.54. The average Bonchev–Trinajstić information content (AvgIpc) is 3.02. The molecule has 2 aromatic rings. The molecule has 1 aromatic carbocycles. The first-order valence-corrected chi connectivity index (χ1v) is 8.06. The van der Waals surface area contributed by atoms with E-state index in [0.29, 0.717) is 5.69 Å². The molecule has 0 bridgehead atoms. The fourth-order valence-corrected chi connectivity index (χ4v) is 3.25. The van der Waals surface area contributed by atoms with Crippen molar-refractivity contribution >= 4 is 23.1 Å². The second kappa shape index (κ2) is 6.39. The fraction of sp³-hybridized carbons (Fsp3) is 0.400. The molecular formula is C15H17FN4OS. The molecule has 1 saturated heterocycles. The van der Waals surface area contributed by atoms with E-state index in [2.05, 4.69) is 19.8 Å². The molecule has 1 aromatic heterocycles. The van der Waals surface area contributed by atoms with Crippen LogP contribution in [0.2, 0.25) is 0 Å². The number of hydrogen-bond donors (Lipinski definition) is 1. The number of benzene rings is 1. The van der Waals surface area contributed by atoms with Gasteiger partial charge in [-0.1, -0.05) is 4.49 Å². The van der Waals surface area contributed by atoms with Crippen LogP contribution in [0.25, 0.3) is 0 Å². The highest BCUT2D eigenvalue weighted by molar-refractivity contribution is 7.03. The smallest absolute Gasteiger partial charge is 0.273 e. The van der Waals surface area contributed by atoms with Gasteiger partial charge in [-0.15, -0.1) is 5.10 Å². The van der Waals surface area contributed by atoms with Crippen LogP contribution >= 0.6 is 11.5 Å². The van der Waals surface area contributed by atoms with E-state index in [-0.39, 0.29) is 17.8 Å². The summed E-state index contributed by atoms with van der Waals surface area (Å²) < 4.78 is 16.9. The molecule has 0 saturated carbocycles. The van der Waals surface area contributed by atoms with Crippen molar-refractivity contribution in [1.82, 2.24) is 14.9 Å². The first-order valence-electron chi connectivity index (χ1n) is 7.22. The molecule has 2 heterocycles. The normalized spacial score (nSPS) is 18.3. The number of nitrogens with zero attached hydrogens (tertiary/aromatic N) is 3. The zero-order valence-corrected chi connectivity index (χ0v) is 13.1. The zero-order chi connectivity index (χ0) is 15.5. The van der Waals surface area contributed by atoms with Gasteiger partial charge >= 0.3 is 0 Å². The molecule has 1 fully saturated rings. The summed E-state index contributed by atoms with van der Waals surface area (Å²) in [5, 5.41) is 8.42. The molecule has 22 heavy (non-hydrogen) atoms. The standard InChI is InChI=1S/C15H17FN4OS/c1-10-7-11(16)4-5-14(10)20-6-2-3-12(8-20)17-15(21)13-9-22-19-18-13/h4-5,7,9,12H,2-3,6,8H2,1H3,(H,17,21). The number of aromatic nitrogens is 2. The van der Waals surface area contributed by atoms with E-state index >= 15 is 0 Å². The first kappa shape index (κ1) is 14.9. The molecule has 0 spiro atoms. The Balaban J connectivity index is 1.67. The van der Waals surface area contributed by atoms with Gasteiger partial charge in [0, 0.05) is 30.2 Å². The molecule has 116 valence electrons. The van der Waals surface area contributed by atoms with Gasteiger partial charge in [0.15, 0.2) is 5.69 Å². The van der Waals surface area contributed by atoms with Crippen molar-refractivity contribution in [3.63, 3.8) is 0 Å². The summed E-state index contributed by atoms with van der Waals surface area (Å²) in [4.78, 5) is 14.3. The predicted octanol–water partition coefficient (Wildman–Crippen LogP) is 2.38. The maximum Gasteiger partial charge on any atom is 0.273 e. The highest BCUT2D eigenvalue weighted by atomic mass is 32.1. The maximum absolute atomic E-state index is 13.2. The van der Waals surface area contributed by atoms with Gasteiger partial charge in [0.25, 0.3) is 5.91 Å². The summed E-state index contributed by atoms with van der Waals surface area (Å²) in [5.41, 5.74) is 2.30. The van der Waals surface area contributed by atoms with Crippen LogP contribution in [0.3, 0.4) is 0 Å². The summed E-state index contributed by atoms with van der Waals surface area (Å²) in [6, 6.07) is 4.88. The lowest BCUT2D eigenvalue weighted by Crippen LogP contribution is -2.48. The number of amides is 1. The number of aryl methyl sites for hydroxylation is 1. The van der Waals surface area contributed by atoms with Gasteiger partial charge in [-0.3, -0.25) is 4.79 Å². The number of carbonyl (C=O) groups excluding carboxylic acids is 1. The Morgan fingerprint density at radius 1 is 1.50 bits per heavy atom. The number of rotatable bonds is 3. The van der Waals surface area contributed by atoms with Crippen molar-refractivity contribution in [2.75, 3.05) is 18.0 Å². The monoisotopic (exact) mass is 320 g/mol. The zero-order valence-electron chi connectivity index (χ0n) is 12.3. The molecule has 1 aliphatic heterocycles. The van der Waals surface area contributed by atoms with Crippen molar-refractivity contribution in [2.45, 2.75) is 25.8 Å². The van der Waals surface area contributed by atoms with Crippen molar-refractivity contribution in [3.05, 3.63) is 40.7 Å². The number of hydrogen-bond acceptors (Lipinski definition) is 5. The fourth-order valence-electron chi connectivity index (χ4n) is 2.81. The largest absolute Gasteiger partial charge is 0.369 e. The summed E-state index contributed by atoms with van der Waals surface area (Å²) in [6.07, 6.45) is 1.91. The quantitative estimate of drug-likeness (QED) is 0.943. The molecule has 5 nitrogen and oxygen atoms in total. The number of piperidine rings is 1. The topological polar surface area (TPSA) is 58.1 Å². The third kappa shape index (κ3) is 3.24. The minimum absolute atomic E-state index is 0.0624. The molecule has 1 amide bonds. The Bertz CT molecular complexity index is 662. The van der Waals surface area contributed by atoms with Crippen LogP contribution in [0, 0.1) is 12.7 Å². The van der Waals surface area contributed by atoms with Crippen LogP contribution in [0.5, 0.6) is 0 Å². The van der Waals surface area contributed by atoms with Crippen LogP contribution in [-0.2, 0) is 0 Å². The van der Waals surface area contributed by atoms with Crippen molar-refractivity contribution in [2.24, 2.45) is 0 Å². The van der Waals surface area contributed by atoms with E-state index in [0.717, 1.165) is 48.7 Å². The van der Waals surface area contributed by atoms with E-state index in [1.165, 1.54) is 6.07 Å². The van der Waals surface area contributed by atoms with Gasteiger partial charge < -0.3 is 10.2 Å². The van der Waals surface area contributed by atoms with E-state index in [4.69, 9.17) is 0 Å². The highest BCUT2D eigenvalue weighted by Gasteiger charge is 2.23. The van der Waals surface area contributed by atoms with Crippen LogP contribution in [0.4, 0.5) is 10.1 Å². The van der Waals surface area contributed by atoms with Gasteiger partial charge in [0.05, 0.1) is 0 Å². The summed E-state index contributed by atoms with van der Waals surface area (Å²) in [7, 11) is 0. The van der Waals surface area contributed by atoms with Crippen LogP contribution in [0.1, 0.15) is 28.9 Å². The number of nitrogens with one attached hydrogen (secondary N) is 1. The van der Waals surface area contributed by atoms with E-state index in [9.17, 15) is 9.18 Å². The SMILES string of the molecule is Cc1cc(F)ccc1N1CCCC(NC(=O)c2csnn2)C1. The lowest BCUT2D eigenvalue weighted by Gasteiger charge is -2.35. The minimum atomic E-state index is -0.223. The molecule has 3 rings (SSSR count). The van der Waals surface area contributed by atoms with Crippen LogP contribution in [-0.4, -0.2) is 34.6 Å².